The number of quaternary nitrogens is 1. The van der Waals surface area contributed by atoms with Crippen LogP contribution >= 0.6 is 0 Å². The zero-order valence-electron chi connectivity index (χ0n) is 21.1. The lowest BCUT2D eigenvalue weighted by Crippen LogP contribution is -3.15. The summed E-state index contributed by atoms with van der Waals surface area (Å²) in [4.78, 5) is 32.4. The van der Waals surface area contributed by atoms with Crippen molar-refractivity contribution in [1.29, 1.82) is 0 Å². The minimum atomic E-state index is -0.389. The van der Waals surface area contributed by atoms with Gasteiger partial charge in [-0.1, -0.05) is 25.1 Å². The van der Waals surface area contributed by atoms with E-state index in [0.717, 1.165) is 27.8 Å². The molecule has 1 amide bonds. The molecule has 0 aliphatic carbocycles. The van der Waals surface area contributed by atoms with Crippen molar-refractivity contribution in [2.75, 3.05) is 26.2 Å². The number of carbonyl (C=O) groups excluding carboxylic acids is 1. The first-order valence-corrected chi connectivity index (χ1v) is 12.4. The number of amides is 1. The first kappa shape index (κ1) is 23.9. The van der Waals surface area contributed by atoms with Crippen LogP contribution in [0.15, 0.2) is 51.9 Å². The van der Waals surface area contributed by atoms with Crippen molar-refractivity contribution in [3.8, 4) is 0 Å². The van der Waals surface area contributed by atoms with Crippen LogP contribution in [-0.2, 0) is 5.54 Å². The van der Waals surface area contributed by atoms with Gasteiger partial charge in [-0.3, -0.25) is 9.59 Å². The van der Waals surface area contributed by atoms with E-state index in [1.807, 2.05) is 35.9 Å². The molecule has 5 rings (SSSR count). The molecule has 1 aliphatic rings. The summed E-state index contributed by atoms with van der Waals surface area (Å²) in [5.74, 6) is 0.872. The van der Waals surface area contributed by atoms with Gasteiger partial charge in [-0.25, -0.2) is 4.68 Å². The fourth-order valence-corrected chi connectivity index (χ4v) is 4.95. The topological polar surface area (TPSA) is 114 Å². The molecule has 36 heavy (non-hydrogen) atoms. The summed E-state index contributed by atoms with van der Waals surface area (Å²) in [6.45, 7) is 10.6. The van der Waals surface area contributed by atoms with Gasteiger partial charge >= 0.3 is 0 Å². The Balaban J connectivity index is 1.55. The number of aromatic nitrogens is 5. The number of hydrogen-bond donors (Lipinski definition) is 2. The molecule has 1 aliphatic heterocycles. The van der Waals surface area contributed by atoms with E-state index < -0.39 is 0 Å². The Labute approximate surface area is 208 Å². The van der Waals surface area contributed by atoms with E-state index in [1.54, 1.807) is 17.0 Å². The van der Waals surface area contributed by atoms with Gasteiger partial charge in [0.15, 0.2) is 11.8 Å². The first-order chi connectivity index (χ1) is 17.3. The van der Waals surface area contributed by atoms with Crippen molar-refractivity contribution < 1.29 is 14.1 Å². The Morgan fingerprint density at radius 1 is 1.22 bits per heavy atom. The summed E-state index contributed by atoms with van der Waals surface area (Å²) in [6.07, 6.45) is 2.33. The van der Waals surface area contributed by atoms with Gasteiger partial charge in [-0.2, -0.15) is 0 Å². The minimum absolute atomic E-state index is 0.119. The van der Waals surface area contributed by atoms with E-state index in [2.05, 4.69) is 41.3 Å². The molecule has 4 heterocycles. The summed E-state index contributed by atoms with van der Waals surface area (Å²) in [5.41, 5.74) is 2.00. The zero-order chi connectivity index (χ0) is 25.4. The molecule has 3 aromatic heterocycles. The van der Waals surface area contributed by atoms with Crippen molar-refractivity contribution in [3.63, 3.8) is 0 Å². The number of fused-ring (bicyclic) bond motifs is 1. The number of aromatic amines is 1. The lowest BCUT2D eigenvalue weighted by Gasteiger charge is -2.36. The van der Waals surface area contributed by atoms with E-state index in [1.165, 1.54) is 6.26 Å². The van der Waals surface area contributed by atoms with Gasteiger partial charge < -0.3 is 19.2 Å². The molecule has 1 atom stereocenters. The van der Waals surface area contributed by atoms with Crippen LogP contribution in [0.1, 0.15) is 60.7 Å². The number of tetrazole rings is 1. The number of benzene rings is 1. The highest BCUT2D eigenvalue weighted by atomic mass is 16.3. The second-order valence-electron chi connectivity index (χ2n) is 10.1. The Morgan fingerprint density at radius 2 is 2.00 bits per heavy atom. The van der Waals surface area contributed by atoms with Gasteiger partial charge in [0.25, 0.3) is 11.5 Å². The highest BCUT2D eigenvalue weighted by Gasteiger charge is 2.39. The number of H-pyrrole nitrogens is 1. The average Bonchev–Trinajstić information content (AvgIpc) is 3.58. The van der Waals surface area contributed by atoms with E-state index in [-0.39, 0.29) is 23.0 Å². The number of pyridine rings is 1. The molecule has 0 spiro atoms. The third kappa shape index (κ3) is 4.21. The first-order valence-electron chi connectivity index (χ1n) is 12.4. The van der Waals surface area contributed by atoms with Crippen LogP contribution in [0.2, 0.25) is 0 Å². The van der Waals surface area contributed by atoms with E-state index in [4.69, 9.17) is 4.42 Å². The highest BCUT2D eigenvalue weighted by Crippen LogP contribution is 2.25. The molecule has 188 valence electrons. The lowest BCUT2D eigenvalue weighted by molar-refractivity contribution is -0.930. The van der Waals surface area contributed by atoms with Crippen LogP contribution in [0, 0.1) is 6.92 Å². The minimum Gasteiger partial charge on any atom is -0.459 e. The molecule has 1 aromatic carbocycles. The fraction of sp³-hybridized carbons (Fsp3) is 0.423. The Bertz CT molecular complexity index is 1430. The van der Waals surface area contributed by atoms with Gasteiger partial charge in [0.2, 0.25) is 5.82 Å². The standard InChI is InChI=1S/C26H31N7O3/c1-5-26(3,4)33-23(28-29-30-33)22(19-16-18-9-6-8-17(2)21(18)27-24(19)34)31-11-13-32(14-12-31)25(35)20-10-7-15-36-20/h6-10,15-16,22H,5,11-14H2,1-4H3,(H,27,34)/p+1/t22-/m0/s1. The molecule has 0 saturated carbocycles. The number of hydrogen-bond acceptors (Lipinski definition) is 6. The second-order valence-corrected chi connectivity index (χ2v) is 10.1. The SMILES string of the molecule is CCC(C)(C)n1nnnc1[C@H](c1cc2cccc(C)c2[nH]c1=O)[NH+]1CCN(C(=O)c2ccco2)CC1. The molecule has 2 N–H and O–H groups in total. The predicted octanol–water partition coefficient (Wildman–Crippen LogP) is 1.69. The number of furan rings is 1. The molecule has 0 radical (unpaired) electrons. The largest absolute Gasteiger partial charge is 0.459 e. The maximum absolute atomic E-state index is 13.5. The summed E-state index contributed by atoms with van der Waals surface area (Å²) >= 11 is 0. The quantitative estimate of drug-likeness (QED) is 0.425. The number of carbonyl (C=O) groups is 1. The van der Waals surface area contributed by atoms with Crippen LogP contribution in [-0.4, -0.2) is 62.2 Å². The molecule has 0 unspecified atom stereocenters. The molecule has 0 bridgehead atoms. The van der Waals surface area contributed by atoms with Crippen LogP contribution < -0.4 is 10.5 Å². The van der Waals surface area contributed by atoms with Crippen LogP contribution in [0.25, 0.3) is 10.9 Å². The van der Waals surface area contributed by atoms with Crippen molar-refractivity contribution >= 4 is 16.8 Å². The molecular formula is C26H32N7O3+. The fourth-order valence-electron chi connectivity index (χ4n) is 4.95. The van der Waals surface area contributed by atoms with Crippen LogP contribution in [0.4, 0.5) is 0 Å². The molecule has 4 aromatic rings. The Hall–Kier alpha value is -3.79. The molecule has 10 nitrogen and oxygen atoms in total. The number of aryl methyl sites for hydroxylation is 1. The maximum atomic E-state index is 13.5. The third-order valence-corrected chi connectivity index (χ3v) is 7.45. The van der Waals surface area contributed by atoms with Crippen LogP contribution in [0.5, 0.6) is 0 Å². The monoisotopic (exact) mass is 490 g/mol. The summed E-state index contributed by atoms with van der Waals surface area (Å²) < 4.78 is 7.16. The van der Waals surface area contributed by atoms with E-state index in [9.17, 15) is 9.59 Å². The van der Waals surface area contributed by atoms with Gasteiger partial charge in [0.05, 0.1) is 49.1 Å². The molecule has 10 heteroatoms. The van der Waals surface area contributed by atoms with Crippen molar-refractivity contribution in [2.24, 2.45) is 0 Å². The van der Waals surface area contributed by atoms with Gasteiger partial charge in [-0.05, 0) is 66.8 Å². The van der Waals surface area contributed by atoms with Crippen molar-refractivity contribution in [2.45, 2.75) is 45.7 Å². The Kier molecular flexibility index (Phi) is 6.21. The molecule has 1 saturated heterocycles. The Morgan fingerprint density at radius 3 is 2.69 bits per heavy atom. The van der Waals surface area contributed by atoms with E-state index >= 15 is 0 Å². The smallest absolute Gasteiger partial charge is 0.289 e. The molecular weight excluding hydrogens is 458 g/mol. The summed E-state index contributed by atoms with van der Waals surface area (Å²) in [7, 11) is 0. The zero-order valence-corrected chi connectivity index (χ0v) is 21.1. The van der Waals surface area contributed by atoms with Crippen molar-refractivity contribution in [3.05, 3.63) is 75.7 Å². The van der Waals surface area contributed by atoms with Crippen LogP contribution in [0.3, 0.4) is 0 Å². The second kappa shape index (κ2) is 9.34. The summed E-state index contributed by atoms with van der Waals surface area (Å²) in [6, 6.07) is 11.0. The van der Waals surface area contributed by atoms with Gasteiger partial charge in [0, 0.05) is 0 Å². The predicted molar refractivity (Wildman–Crippen MR) is 134 cm³/mol. The lowest BCUT2D eigenvalue weighted by atomic mass is 9.98. The van der Waals surface area contributed by atoms with Gasteiger partial charge in [0.1, 0.15) is 0 Å². The third-order valence-electron chi connectivity index (χ3n) is 7.45. The average molecular weight is 491 g/mol. The number of nitrogens with one attached hydrogen (secondary N) is 2. The van der Waals surface area contributed by atoms with Gasteiger partial charge in [-0.15, -0.1) is 5.10 Å². The maximum Gasteiger partial charge on any atom is 0.289 e. The normalized spacial score (nSPS) is 15.9. The molecule has 1 fully saturated rings. The number of rotatable bonds is 6. The van der Waals surface area contributed by atoms with E-state index in [0.29, 0.717) is 43.3 Å². The number of nitrogens with zero attached hydrogens (tertiary/aromatic N) is 5. The number of piperazine rings is 1. The highest BCUT2D eigenvalue weighted by molar-refractivity contribution is 5.91. The van der Waals surface area contributed by atoms with Crippen molar-refractivity contribution in [1.82, 2.24) is 30.1 Å². The summed E-state index contributed by atoms with van der Waals surface area (Å²) in [5, 5.41) is 13.8. The number of para-hydroxylation sites is 1.